The maximum Gasteiger partial charge on any atom is 0.322 e. The van der Waals surface area contributed by atoms with E-state index in [-0.39, 0.29) is 6.01 Å². The lowest BCUT2D eigenvalue weighted by molar-refractivity contribution is 0.336. The summed E-state index contributed by atoms with van der Waals surface area (Å²) in [7, 11) is 3.12. The molecule has 0 aliphatic carbocycles. The lowest BCUT2D eigenvalue weighted by atomic mass is 10.3. The fourth-order valence-corrected chi connectivity index (χ4v) is 1.57. The monoisotopic (exact) mass is 310 g/mol. The summed E-state index contributed by atoms with van der Waals surface area (Å²) < 4.78 is 16.8. The average Bonchev–Trinajstić information content (AvgIpc) is 2.41. The van der Waals surface area contributed by atoms with Gasteiger partial charge in [-0.05, 0) is 28.1 Å². The summed E-state index contributed by atoms with van der Waals surface area (Å²) in [6.45, 7) is 0. The fraction of sp³-hybridized carbons (Fsp3) is 0.167. The summed E-state index contributed by atoms with van der Waals surface area (Å²) in [5, 5.41) is 0. The van der Waals surface area contributed by atoms with Crippen LogP contribution in [0.2, 0.25) is 0 Å². The van der Waals surface area contributed by atoms with Crippen molar-refractivity contribution < 1.29 is 14.2 Å². The zero-order valence-corrected chi connectivity index (χ0v) is 11.5. The summed E-state index contributed by atoms with van der Waals surface area (Å²) in [5.41, 5.74) is 0. The van der Waals surface area contributed by atoms with Crippen molar-refractivity contribution in [2.45, 2.75) is 0 Å². The molecule has 0 saturated heterocycles. The maximum atomic E-state index is 5.58. The van der Waals surface area contributed by atoms with Crippen molar-refractivity contribution >= 4 is 15.9 Å². The topological polar surface area (TPSA) is 53.5 Å². The van der Waals surface area contributed by atoms with Crippen LogP contribution in [0.15, 0.2) is 35.1 Å². The molecule has 18 heavy (non-hydrogen) atoms. The third-order valence-electron chi connectivity index (χ3n) is 2.17. The minimum Gasteiger partial charge on any atom is -0.493 e. The van der Waals surface area contributed by atoms with Crippen LogP contribution in [-0.2, 0) is 0 Å². The molecule has 1 heterocycles. The highest BCUT2D eigenvalue weighted by molar-refractivity contribution is 9.10. The predicted molar refractivity (Wildman–Crippen MR) is 69.4 cm³/mol. The summed E-state index contributed by atoms with van der Waals surface area (Å²) in [6.07, 6.45) is 3.20. The summed E-state index contributed by atoms with van der Waals surface area (Å²) >= 11 is 3.26. The van der Waals surface area contributed by atoms with Crippen LogP contribution in [0.3, 0.4) is 0 Å². The highest BCUT2D eigenvalue weighted by Gasteiger charge is 2.13. The standard InChI is InChI=1S/C12H11BrN2O3/c1-16-9-4-3-5-10(17-2)11(9)18-12-14-6-8(13)7-15-12/h3-7H,1-2H3. The van der Waals surface area contributed by atoms with E-state index in [0.29, 0.717) is 17.2 Å². The fourth-order valence-electron chi connectivity index (χ4n) is 1.36. The summed E-state index contributed by atoms with van der Waals surface area (Å²) in [6, 6.07) is 5.58. The van der Waals surface area contributed by atoms with Gasteiger partial charge in [0.2, 0.25) is 5.75 Å². The van der Waals surface area contributed by atoms with Crippen LogP contribution >= 0.6 is 15.9 Å². The van der Waals surface area contributed by atoms with Gasteiger partial charge in [-0.25, -0.2) is 9.97 Å². The van der Waals surface area contributed by atoms with E-state index in [1.54, 1.807) is 38.7 Å². The highest BCUT2D eigenvalue weighted by Crippen LogP contribution is 2.38. The lowest BCUT2D eigenvalue weighted by Crippen LogP contribution is -1.96. The predicted octanol–water partition coefficient (Wildman–Crippen LogP) is 3.05. The first-order valence-electron chi connectivity index (χ1n) is 5.11. The largest absolute Gasteiger partial charge is 0.493 e. The van der Waals surface area contributed by atoms with Crippen LogP contribution in [0.5, 0.6) is 23.3 Å². The minimum absolute atomic E-state index is 0.223. The SMILES string of the molecule is COc1cccc(OC)c1Oc1ncc(Br)cn1. The molecule has 2 aromatic rings. The summed E-state index contributed by atoms with van der Waals surface area (Å²) in [5.74, 6) is 1.56. The molecule has 0 unspecified atom stereocenters. The van der Waals surface area contributed by atoms with E-state index in [2.05, 4.69) is 25.9 Å². The maximum absolute atomic E-state index is 5.58. The van der Waals surface area contributed by atoms with E-state index in [1.807, 2.05) is 6.07 Å². The van der Waals surface area contributed by atoms with Crippen LogP contribution in [0.4, 0.5) is 0 Å². The average molecular weight is 311 g/mol. The molecule has 0 fully saturated rings. The Morgan fingerprint density at radius 3 is 2.06 bits per heavy atom. The lowest BCUT2D eigenvalue weighted by Gasteiger charge is -2.12. The van der Waals surface area contributed by atoms with E-state index in [9.17, 15) is 0 Å². The van der Waals surface area contributed by atoms with Crippen molar-refractivity contribution in [3.05, 3.63) is 35.1 Å². The van der Waals surface area contributed by atoms with Crippen molar-refractivity contribution in [3.8, 4) is 23.3 Å². The number of halogens is 1. The van der Waals surface area contributed by atoms with Crippen LogP contribution in [-0.4, -0.2) is 24.2 Å². The van der Waals surface area contributed by atoms with Gasteiger partial charge in [0.25, 0.3) is 0 Å². The van der Waals surface area contributed by atoms with E-state index in [4.69, 9.17) is 14.2 Å². The number of benzene rings is 1. The number of aromatic nitrogens is 2. The van der Waals surface area contributed by atoms with Crippen LogP contribution < -0.4 is 14.2 Å². The number of nitrogens with zero attached hydrogens (tertiary/aromatic N) is 2. The number of hydrogen-bond donors (Lipinski definition) is 0. The normalized spacial score (nSPS) is 9.94. The molecule has 0 spiro atoms. The Bertz CT molecular complexity index is 509. The Morgan fingerprint density at radius 1 is 1.00 bits per heavy atom. The molecule has 0 bridgehead atoms. The van der Waals surface area contributed by atoms with Crippen molar-refractivity contribution in [3.63, 3.8) is 0 Å². The van der Waals surface area contributed by atoms with Gasteiger partial charge in [-0.15, -0.1) is 0 Å². The molecule has 5 nitrogen and oxygen atoms in total. The van der Waals surface area contributed by atoms with Crippen LogP contribution in [0, 0.1) is 0 Å². The van der Waals surface area contributed by atoms with Gasteiger partial charge < -0.3 is 14.2 Å². The minimum atomic E-state index is 0.223. The molecule has 94 valence electrons. The molecule has 0 N–H and O–H groups in total. The molecule has 0 atom stereocenters. The second kappa shape index (κ2) is 5.68. The van der Waals surface area contributed by atoms with Gasteiger partial charge in [-0.2, -0.15) is 0 Å². The van der Waals surface area contributed by atoms with Crippen molar-refractivity contribution in [1.29, 1.82) is 0 Å². The molecular weight excluding hydrogens is 300 g/mol. The van der Waals surface area contributed by atoms with Crippen LogP contribution in [0.1, 0.15) is 0 Å². The quantitative estimate of drug-likeness (QED) is 0.868. The molecule has 0 radical (unpaired) electrons. The van der Waals surface area contributed by atoms with Gasteiger partial charge in [0.05, 0.1) is 18.7 Å². The Kier molecular flexibility index (Phi) is 3.99. The van der Waals surface area contributed by atoms with Gasteiger partial charge >= 0.3 is 6.01 Å². The molecule has 6 heteroatoms. The van der Waals surface area contributed by atoms with Crippen LogP contribution in [0.25, 0.3) is 0 Å². The second-order valence-electron chi connectivity index (χ2n) is 3.28. The smallest absolute Gasteiger partial charge is 0.322 e. The molecule has 1 aromatic carbocycles. The van der Waals surface area contributed by atoms with Gasteiger partial charge in [0, 0.05) is 12.4 Å². The van der Waals surface area contributed by atoms with E-state index in [1.165, 1.54) is 0 Å². The van der Waals surface area contributed by atoms with Gasteiger partial charge in [-0.1, -0.05) is 6.07 Å². The molecule has 2 rings (SSSR count). The number of para-hydroxylation sites is 1. The Balaban J connectivity index is 2.35. The van der Waals surface area contributed by atoms with Gasteiger partial charge in [-0.3, -0.25) is 0 Å². The molecule has 0 amide bonds. The zero-order chi connectivity index (χ0) is 13.0. The molecule has 0 saturated carbocycles. The number of rotatable bonds is 4. The van der Waals surface area contributed by atoms with Crippen molar-refractivity contribution in [1.82, 2.24) is 9.97 Å². The first kappa shape index (κ1) is 12.6. The molecular formula is C12H11BrN2O3. The number of ether oxygens (including phenoxy) is 3. The van der Waals surface area contributed by atoms with Crippen molar-refractivity contribution in [2.75, 3.05) is 14.2 Å². The van der Waals surface area contributed by atoms with Gasteiger partial charge in [0.1, 0.15) is 0 Å². The first-order valence-corrected chi connectivity index (χ1v) is 5.90. The van der Waals surface area contributed by atoms with E-state index >= 15 is 0 Å². The van der Waals surface area contributed by atoms with E-state index in [0.717, 1.165) is 4.47 Å². The summed E-state index contributed by atoms with van der Waals surface area (Å²) in [4.78, 5) is 8.07. The molecule has 0 aliphatic rings. The second-order valence-corrected chi connectivity index (χ2v) is 4.19. The molecule has 0 aliphatic heterocycles. The third-order valence-corrected chi connectivity index (χ3v) is 2.58. The number of methoxy groups -OCH3 is 2. The van der Waals surface area contributed by atoms with Gasteiger partial charge in [0.15, 0.2) is 11.5 Å². The molecule has 1 aromatic heterocycles. The third kappa shape index (κ3) is 2.70. The van der Waals surface area contributed by atoms with Crippen molar-refractivity contribution in [2.24, 2.45) is 0 Å². The Labute approximate surface area is 113 Å². The van der Waals surface area contributed by atoms with E-state index < -0.39 is 0 Å². The Hall–Kier alpha value is -1.82. The number of hydrogen-bond acceptors (Lipinski definition) is 5. The highest BCUT2D eigenvalue weighted by atomic mass is 79.9. The zero-order valence-electron chi connectivity index (χ0n) is 9.88. The first-order chi connectivity index (χ1) is 8.74. The Morgan fingerprint density at radius 2 is 1.56 bits per heavy atom.